The second-order valence-electron chi connectivity index (χ2n) is 7.27. The molecule has 0 atom stereocenters. The molecule has 1 fully saturated rings. The smallest absolute Gasteiger partial charge is 0.387 e. The lowest BCUT2D eigenvalue weighted by Crippen LogP contribution is -2.36. The van der Waals surface area contributed by atoms with Crippen LogP contribution in [0.2, 0.25) is 0 Å². The van der Waals surface area contributed by atoms with Crippen LogP contribution in [0.4, 0.5) is 8.78 Å². The minimum Gasteiger partial charge on any atom is -0.434 e. The van der Waals surface area contributed by atoms with Gasteiger partial charge >= 0.3 is 6.61 Å². The standard InChI is InChI=1S/C23H28F2N4O2.HI/c1-2-26-23(28-15-19-6-3-4-7-20(19)31-22(24)25)27-14-17-9-11-18(12-10-17)16-29-13-5-8-21(29)30;/h3-4,6-7,9-12,22H,2,5,8,13-16H2,1H3,(H2,26,27,28);1H. The van der Waals surface area contributed by atoms with Gasteiger partial charge in [-0.3, -0.25) is 4.79 Å². The lowest BCUT2D eigenvalue weighted by atomic mass is 10.1. The first kappa shape index (κ1) is 25.8. The van der Waals surface area contributed by atoms with Gasteiger partial charge in [-0.25, -0.2) is 4.99 Å². The van der Waals surface area contributed by atoms with E-state index in [2.05, 4.69) is 20.4 Å². The maximum Gasteiger partial charge on any atom is 0.387 e. The molecule has 174 valence electrons. The van der Waals surface area contributed by atoms with Gasteiger partial charge in [0.15, 0.2) is 5.96 Å². The van der Waals surface area contributed by atoms with Gasteiger partial charge in [-0.15, -0.1) is 24.0 Å². The monoisotopic (exact) mass is 558 g/mol. The number of carbonyl (C=O) groups excluding carboxylic acids is 1. The Hall–Kier alpha value is -2.43. The number of carbonyl (C=O) groups is 1. The molecule has 0 bridgehead atoms. The van der Waals surface area contributed by atoms with E-state index >= 15 is 0 Å². The van der Waals surface area contributed by atoms with E-state index in [0.717, 1.165) is 24.1 Å². The first-order valence-corrected chi connectivity index (χ1v) is 10.5. The highest BCUT2D eigenvalue weighted by Crippen LogP contribution is 2.20. The Balaban J connectivity index is 0.00000363. The number of aliphatic imine (C=N–C) groups is 1. The molecule has 1 amide bonds. The summed E-state index contributed by atoms with van der Waals surface area (Å²) in [7, 11) is 0. The first-order chi connectivity index (χ1) is 15.0. The van der Waals surface area contributed by atoms with Gasteiger partial charge in [0.2, 0.25) is 5.91 Å². The summed E-state index contributed by atoms with van der Waals surface area (Å²) < 4.78 is 29.8. The number of guanidine groups is 1. The van der Waals surface area contributed by atoms with Crippen molar-refractivity contribution in [3.05, 3.63) is 65.2 Å². The SMILES string of the molecule is CCNC(=NCc1ccc(CN2CCCC2=O)cc1)NCc1ccccc1OC(F)F.I. The first-order valence-electron chi connectivity index (χ1n) is 10.5. The summed E-state index contributed by atoms with van der Waals surface area (Å²) in [6.45, 7) is 2.00. The Morgan fingerprint density at radius 2 is 1.84 bits per heavy atom. The molecule has 1 aliphatic rings. The van der Waals surface area contributed by atoms with Gasteiger partial charge < -0.3 is 20.3 Å². The van der Waals surface area contributed by atoms with Crippen LogP contribution in [0.15, 0.2) is 53.5 Å². The molecule has 2 N–H and O–H groups in total. The average Bonchev–Trinajstić information content (AvgIpc) is 3.16. The van der Waals surface area contributed by atoms with Crippen LogP contribution in [0.25, 0.3) is 0 Å². The molecule has 0 saturated carbocycles. The van der Waals surface area contributed by atoms with Crippen molar-refractivity contribution >= 4 is 35.8 Å². The summed E-state index contributed by atoms with van der Waals surface area (Å²) in [4.78, 5) is 18.2. The van der Waals surface area contributed by atoms with E-state index in [4.69, 9.17) is 0 Å². The van der Waals surface area contributed by atoms with Gasteiger partial charge in [0, 0.05) is 38.2 Å². The second kappa shape index (κ2) is 13.2. The number of para-hydroxylation sites is 1. The minimum atomic E-state index is -2.87. The van der Waals surface area contributed by atoms with Gasteiger partial charge in [0.25, 0.3) is 0 Å². The van der Waals surface area contributed by atoms with Crippen molar-refractivity contribution in [2.75, 3.05) is 13.1 Å². The molecule has 2 aromatic rings. The number of ether oxygens (including phenoxy) is 1. The zero-order chi connectivity index (χ0) is 22.1. The number of benzene rings is 2. The molecule has 0 aromatic heterocycles. The van der Waals surface area contributed by atoms with E-state index < -0.39 is 6.61 Å². The van der Waals surface area contributed by atoms with Crippen molar-refractivity contribution in [1.29, 1.82) is 0 Å². The maximum atomic E-state index is 12.6. The largest absolute Gasteiger partial charge is 0.434 e. The molecule has 0 unspecified atom stereocenters. The minimum absolute atomic E-state index is 0. The normalized spacial score (nSPS) is 13.8. The Kier molecular flexibility index (Phi) is 10.6. The van der Waals surface area contributed by atoms with Crippen LogP contribution in [0.1, 0.15) is 36.5 Å². The summed E-state index contributed by atoms with van der Waals surface area (Å²) in [5.41, 5.74) is 2.76. The van der Waals surface area contributed by atoms with Crippen LogP contribution >= 0.6 is 24.0 Å². The molecule has 0 spiro atoms. The summed E-state index contributed by atoms with van der Waals surface area (Å²) in [5, 5.41) is 6.31. The molecule has 32 heavy (non-hydrogen) atoms. The van der Waals surface area contributed by atoms with Crippen molar-refractivity contribution < 1.29 is 18.3 Å². The summed E-state index contributed by atoms with van der Waals surface area (Å²) in [6.07, 6.45) is 1.58. The highest BCUT2D eigenvalue weighted by atomic mass is 127. The van der Waals surface area contributed by atoms with Crippen LogP contribution < -0.4 is 15.4 Å². The van der Waals surface area contributed by atoms with Crippen molar-refractivity contribution in [1.82, 2.24) is 15.5 Å². The summed E-state index contributed by atoms with van der Waals surface area (Å²) in [5.74, 6) is 0.949. The van der Waals surface area contributed by atoms with Gasteiger partial charge in [-0.2, -0.15) is 8.78 Å². The average molecular weight is 558 g/mol. The van der Waals surface area contributed by atoms with Gasteiger partial charge in [-0.05, 0) is 30.5 Å². The fraction of sp³-hybridized carbons (Fsp3) is 0.391. The van der Waals surface area contributed by atoms with E-state index in [1.807, 2.05) is 36.1 Å². The Labute approximate surface area is 204 Å². The van der Waals surface area contributed by atoms with Crippen LogP contribution in [0.5, 0.6) is 5.75 Å². The van der Waals surface area contributed by atoms with E-state index in [1.54, 1.807) is 18.2 Å². The number of nitrogens with zero attached hydrogens (tertiary/aromatic N) is 2. The third-order valence-electron chi connectivity index (χ3n) is 4.97. The summed E-state index contributed by atoms with van der Waals surface area (Å²) in [6, 6.07) is 14.7. The van der Waals surface area contributed by atoms with E-state index in [0.29, 0.717) is 44.1 Å². The van der Waals surface area contributed by atoms with E-state index in [-0.39, 0.29) is 35.6 Å². The van der Waals surface area contributed by atoms with Crippen LogP contribution in [0.3, 0.4) is 0 Å². The van der Waals surface area contributed by atoms with E-state index in [9.17, 15) is 13.6 Å². The number of amides is 1. The number of hydrogen-bond donors (Lipinski definition) is 2. The maximum absolute atomic E-state index is 12.6. The number of alkyl halides is 2. The summed E-state index contributed by atoms with van der Waals surface area (Å²) >= 11 is 0. The van der Waals surface area contributed by atoms with Crippen LogP contribution in [-0.2, 0) is 24.4 Å². The number of hydrogen-bond acceptors (Lipinski definition) is 3. The molecule has 3 rings (SSSR count). The molecule has 0 aliphatic carbocycles. The predicted molar refractivity (Wildman–Crippen MR) is 131 cm³/mol. The van der Waals surface area contributed by atoms with Crippen molar-refractivity contribution in [2.45, 2.75) is 46.0 Å². The molecule has 0 radical (unpaired) electrons. The van der Waals surface area contributed by atoms with Crippen molar-refractivity contribution in [3.8, 4) is 5.75 Å². The lowest BCUT2D eigenvalue weighted by Gasteiger charge is -2.16. The molecule has 1 saturated heterocycles. The Morgan fingerprint density at radius 1 is 1.12 bits per heavy atom. The number of nitrogens with one attached hydrogen (secondary N) is 2. The fourth-order valence-electron chi connectivity index (χ4n) is 3.39. The zero-order valence-electron chi connectivity index (χ0n) is 18.0. The van der Waals surface area contributed by atoms with Gasteiger partial charge in [0.1, 0.15) is 5.75 Å². The lowest BCUT2D eigenvalue weighted by molar-refractivity contribution is -0.128. The third kappa shape index (κ3) is 7.92. The van der Waals surface area contributed by atoms with E-state index in [1.165, 1.54) is 6.07 Å². The fourth-order valence-corrected chi connectivity index (χ4v) is 3.39. The molecular formula is C23H29F2IN4O2. The molecule has 1 aliphatic heterocycles. The number of halogens is 3. The second-order valence-corrected chi connectivity index (χ2v) is 7.27. The van der Waals surface area contributed by atoms with Crippen LogP contribution in [0, 0.1) is 0 Å². The van der Waals surface area contributed by atoms with Gasteiger partial charge in [0.05, 0.1) is 6.54 Å². The molecule has 9 heteroatoms. The topological polar surface area (TPSA) is 66.0 Å². The number of likely N-dealkylation sites (tertiary alicyclic amines) is 1. The van der Waals surface area contributed by atoms with Crippen LogP contribution in [-0.4, -0.2) is 36.5 Å². The molecule has 1 heterocycles. The Bertz CT molecular complexity index is 894. The highest BCUT2D eigenvalue weighted by Gasteiger charge is 2.19. The van der Waals surface area contributed by atoms with Crippen molar-refractivity contribution in [3.63, 3.8) is 0 Å². The predicted octanol–water partition coefficient (Wildman–Crippen LogP) is 4.28. The molecule has 6 nitrogen and oxygen atoms in total. The highest BCUT2D eigenvalue weighted by molar-refractivity contribution is 14.0. The molecular weight excluding hydrogens is 529 g/mol. The number of rotatable bonds is 9. The quantitative estimate of drug-likeness (QED) is 0.274. The third-order valence-corrected chi connectivity index (χ3v) is 4.97. The Morgan fingerprint density at radius 3 is 2.50 bits per heavy atom. The molecule has 2 aromatic carbocycles. The zero-order valence-corrected chi connectivity index (χ0v) is 20.4. The van der Waals surface area contributed by atoms with Crippen molar-refractivity contribution in [2.24, 2.45) is 4.99 Å². The van der Waals surface area contributed by atoms with Gasteiger partial charge in [-0.1, -0.05) is 42.5 Å².